The average Bonchev–Trinajstić information content (AvgIpc) is 1.85. The SMILES string of the molecule is COC1CC(C(=O)N(C)C)C1. The largest absolute Gasteiger partial charge is 0.381 e. The van der Waals surface area contributed by atoms with Crippen molar-refractivity contribution in [1.29, 1.82) is 0 Å². The summed E-state index contributed by atoms with van der Waals surface area (Å²) in [6, 6.07) is 0. The van der Waals surface area contributed by atoms with Gasteiger partial charge < -0.3 is 9.64 Å². The van der Waals surface area contributed by atoms with Gasteiger partial charge in [-0.05, 0) is 12.8 Å². The zero-order valence-electron chi connectivity index (χ0n) is 7.33. The van der Waals surface area contributed by atoms with Crippen molar-refractivity contribution in [3.8, 4) is 0 Å². The number of carbonyl (C=O) groups is 1. The Morgan fingerprint density at radius 2 is 2.00 bits per heavy atom. The predicted molar refractivity (Wildman–Crippen MR) is 42.2 cm³/mol. The van der Waals surface area contributed by atoms with Crippen molar-refractivity contribution in [2.24, 2.45) is 5.92 Å². The first kappa shape index (κ1) is 8.53. The van der Waals surface area contributed by atoms with Crippen LogP contribution in [0.15, 0.2) is 0 Å². The lowest BCUT2D eigenvalue weighted by molar-refractivity contribution is -0.140. The molecule has 0 radical (unpaired) electrons. The second-order valence-corrected chi connectivity index (χ2v) is 3.26. The second-order valence-electron chi connectivity index (χ2n) is 3.26. The molecular formula is C8H15NO2. The quantitative estimate of drug-likeness (QED) is 0.584. The summed E-state index contributed by atoms with van der Waals surface area (Å²) in [6.45, 7) is 0. The molecule has 1 aliphatic rings. The van der Waals surface area contributed by atoms with Crippen LogP contribution in [-0.2, 0) is 9.53 Å². The minimum absolute atomic E-state index is 0.218. The third-order valence-electron chi connectivity index (χ3n) is 2.22. The highest BCUT2D eigenvalue weighted by molar-refractivity contribution is 5.79. The molecule has 0 N–H and O–H groups in total. The Hall–Kier alpha value is -0.570. The van der Waals surface area contributed by atoms with Gasteiger partial charge in [0.2, 0.25) is 5.91 Å². The van der Waals surface area contributed by atoms with E-state index in [1.807, 2.05) is 0 Å². The first-order chi connectivity index (χ1) is 5.15. The summed E-state index contributed by atoms with van der Waals surface area (Å²) in [5, 5.41) is 0. The van der Waals surface area contributed by atoms with E-state index in [4.69, 9.17) is 4.74 Å². The Morgan fingerprint density at radius 1 is 1.45 bits per heavy atom. The van der Waals surface area contributed by atoms with E-state index in [2.05, 4.69) is 0 Å². The summed E-state index contributed by atoms with van der Waals surface area (Å²) in [4.78, 5) is 12.9. The Balaban J connectivity index is 2.27. The molecule has 1 fully saturated rings. The summed E-state index contributed by atoms with van der Waals surface area (Å²) in [6.07, 6.45) is 2.12. The molecule has 0 unspecified atom stereocenters. The van der Waals surface area contributed by atoms with Gasteiger partial charge in [0.15, 0.2) is 0 Å². The summed E-state index contributed by atoms with van der Waals surface area (Å²) in [5.74, 6) is 0.452. The van der Waals surface area contributed by atoms with Crippen molar-refractivity contribution < 1.29 is 9.53 Å². The van der Waals surface area contributed by atoms with Crippen molar-refractivity contribution in [2.45, 2.75) is 18.9 Å². The van der Waals surface area contributed by atoms with E-state index in [-0.39, 0.29) is 11.8 Å². The van der Waals surface area contributed by atoms with Crippen LogP contribution in [0.1, 0.15) is 12.8 Å². The molecule has 0 saturated heterocycles. The Morgan fingerprint density at radius 3 is 2.36 bits per heavy atom. The highest BCUT2D eigenvalue weighted by Gasteiger charge is 2.35. The second kappa shape index (κ2) is 3.22. The van der Waals surface area contributed by atoms with Crippen molar-refractivity contribution in [2.75, 3.05) is 21.2 Å². The van der Waals surface area contributed by atoms with Gasteiger partial charge in [-0.1, -0.05) is 0 Å². The maximum Gasteiger partial charge on any atom is 0.225 e. The first-order valence-corrected chi connectivity index (χ1v) is 3.89. The molecule has 0 aromatic heterocycles. The number of nitrogens with zero attached hydrogens (tertiary/aromatic N) is 1. The van der Waals surface area contributed by atoms with E-state index >= 15 is 0 Å². The lowest BCUT2D eigenvalue weighted by atomic mass is 9.81. The third kappa shape index (κ3) is 1.71. The van der Waals surface area contributed by atoms with Gasteiger partial charge in [-0.3, -0.25) is 4.79 Å². The number of carbonyl (C=O) groups excluding carboxylic acids is 1. The fourth-order valence-electron chi connectivity index (χ4n) is 1.32. The van der Waals surface area contributed by atoms with Gasteiger partial charge in [-0.25, -0.2) is 0 Å². The van der Waals surface area contributed by atoms with Crippen LogP contribution in [0.3, 0.4) is 0 Å². The molecule has 11 heavy (non-hydrogen) atoms. The molecule has 64 valence electrons. The van der Waals surface area contributed by atoms with Crippen LogP contribution in [0, 0.1) is 5.92 Å². The van der Waals surface area contributed by atoms with Crippen LogP contribution in [0.2, 0.25) is 0 Å². The Bertz CT molecular complexity index is 150. The zero-order chi connectivity index (χ0) is 8.43. The first-order valence-electron chi connectivity index (χ1n) is 3.89. The summed E-state index contributed by atoms with van der Waals surface area (Å²) in [5.41, 5.74) is 0. The van der Waals surface area contributed by atoms with E-state index in [1.165, 1.54) is 0 Å². The maximum atomic E-state index is 11.3. The maximum absolute atomic E-state index is 11.3. The highest BCUT2D eigenvalue weighted by atomic mass is 16.5. The van der Waals surface area contributed by atoms with Crippen molar-refractivity contribution in [3.63, 3.8) is 0 Å². The minimum Gasteiger partial charge on any atom is -0.381 e. The minimum atomic E-state index is 0.218. The van der Waals surface area contributed by atoms with Crippen LogP contribution in [-0.4, -0.2) is 38.1 Å². The van der Waals surface area contributed by atoms with Gasteiger partial charge in [-0.2, -0.15) is 0 Å². The molecule has 0 spiro atoms. The van der Waals surface area contributed by atoms with E-state index in [0.29, 0.717) is 6.10 Å². The topological polar surface area (TPSA) is 29.5 Å². The smallest absolute Gasteiger partial charge is 0.225 e. The van der Waals surface area contributed by atoms with E-state index < -0.39 is 0 Å². The van der Waals surface area contributed by atoms with Crippen molar-refractivity contribution in [1.82, 2.24) is 4.90 Å². The van der Waals surface area contributed by atoms with Gasteiger partial charge in [0.05, 0.1) is 6.10 Å². The molecule has 0 aromatic rings. The molecule has 0 atom stereocenters. The van der Waals surface area contributed by atoms with Crippen molar-refractivity contribution in [3.05, 3.63) is 0 Å². The van der Waals surface area contributed by atoms with Crippen LogP contribution < -0.4 is 0 Å². The van der Waals surface area contributed by atoms with Crippen LogP contribution >= 0.6 is 0 Å². The number of rotatable bonds is 2. The number of amides is 1. The van der Waals surface area contributed by atoms with Gasteiger partial charge in [0, 0.05) is 27.1 Å². The number of ether oxygens (including phenoxy) is 1. The summed E-state index contributed by atoms with van der Waals surface area (Å²) >= 11 is 0. The normalized spacial score (nSPS) is 29.4. The fourth-order valence-corrected chi connectivity index (χ4v) is 1.32. The Kier molecular flexibility index (Phi) is 2.49. The predicted octanol–water partition coefficient (Wildman–Crippen LogP) is 0.500. The van der Waals surface area contributed by atoms with Crippen molar-refractivity contribution >= 4 is 5.91 Å². The number of hydrogen-bond acceptors (Lipinski definition) is 2. The monoisotopic (exact) mass is 157 g/mol. The van der Waals surface area contributed by atoms with E-state index in [9.17, 15) is 4.79 Å². The molecule has 3 heteroatoms. The summed E-state index contributed by atoms with van der Waals surface area (Å²) in [7, 11) is 5.28. The Labute approximate surface area is 67.3 Å². The standard InChI is InChI=1S/C8H15NO2/c1-9(2)8(10)6-4-7(5-6)11-3/h6-7H,4-5H2,1-3H3. The third-order valence-corrected chi connectivity index (χ3v) is 2.22. The fraction of sp³-hybridized carbons (Fsp3) is 0.875. The molecule has 0 bridgehead atoms. The van der Waals surface area contributed by atoms with E-state index in [0.717, 1.165) is 12.8 Å². The molecule has 0 aliphatic heterocycles. The lowest BCUT2D eigenvalue weighted by Crippen LogP contribution is -2.41. The van der Waals surface area contributed by atoms with Crippen LogP contribution in [0.5, 0.6) is 0 Å². The molecule has 0 heterocycles. The zero-order valence-corrected chi connectivity index (χ0v) is 7.33. The van der Waals surface area contributed by atoms with Crippen LogP contribution in [0.4, 0.5) is 0 Å². The summed E-state index contributed by atoms with van der Waals surface area (Å²) < 4.78 is 5.08. The van der Waals surface area contributed by atoms with Crippen LogP contribution in [0.25, 0.3) is 0 Å². The van der Waals surface area contributed by atoms with Gasteiger partial charge in [0.25, 0.3) is 0 Å². The van der Waals surface area contributed by atoms with E-state index in [1.54, 1.807) is 26.1 Å². The molecular weight excluding hydrogens is 142 g/mol. The number of methoxy groups -OCH3 is 1. The molecule has 1 rings (SSSR count). The molecule has 1 aliphatic carbocycles. The highest BCUT2D eigenvalue weighted by Crippen LogP contribution is 2.30. The van der Waals surface area contributed by atoms with Gasteiger partial charge in [-0.15, -0.1) is 0 Å². The van der Waals surface area contributed by atoms with Gasteiger partial charge in [0.1, 0.15) is 0 Å². The lowest BCUT2D eigenvalue weighted by Gasteiger charge is -2.34. The number of hydrogen-bond donors (Lipinski definition) is 0. The van der Waals surface area contributed by atoms with Gasteiger partial charge >= 0.3 is 0 Å². The molecule has 3 nitrogen and oxygen atoms in total. The molecule has 1 amide bonds. The average molecular weight is 157 g/mol. The molecule has 0 aromatic carbocycles. The molecule has 1 saturated carbocycles.